The summed E-state index contributed by atoms with van der Waals surface area (Å²) in [5.41, 5.74) is 0.855. The van der Waals surface area contributed by atoms with Gasteiger partial charge in [0.15, 0.2) is 0 Å². The third-order valence-corrected chi connectivity index (χ3v) is 6.82. The molecule has 0 saturated carbocycles. The summed E-state index contributed by atoms with van der Waals surface area (Å²) in [6.07, 6.45) is 0.953. The van der Waals surface area contributed by atoms with Crippen LogP contribution in [0.25, 0.3) is 0 Å². The van der Waals surface area contributed by atoms with Gasteiger partial charge < -0.3 is 5.32 Å². The molecule has 138 valence electrons. The highest BCUT2D eigenvalue weighted by atomic mass is 35.5. The predicted molar refractivity (Wildman–Crippen MR) is 98.1 cm³/mol. The Bertz CT molecular complexity index is 935. The van der Waals surface area contributed by atoms with Crippen LogP contribution in [0.2, 0.25) is 5.02 Å². The number of carbonyl (C=O) groups excluding carboxylic acids is 1. The van der Waals surface area contributed by atoms with Crippen molar-refractivity contribution in [2.45, 2.75) is 30.7 Å². The standard InChI is InChI=1S/C18H18ClFN2O3S/c1-12-15(19)10-13(20)11-17(12)26(24,25)22-9-5-8-16(22)18(23)21-14-6-3-2-4-7-14/h2-4,6-7,10-11,16H,5,8-9H2,1H3,(H,21,23)/t16-/m0/s1. The minimum absolute atomic E-state index is 0.0352. The van der Waals surface area contributed by atoms with Crippen molar-refractivity contribution in [3.05, 3.63) is 58.9 Å². The highest BCUT2D eigenvalue weighted by molar-refractivity contribution is 7.89. The zero-order chi connectivity index (χ0) is 18.9. The van der Waals surface area contributed by atoms with Gasteiger partial charge >= 0.3 is 0 Å². The molecule has 1 aliphatic rings. The Hall–Kier alpha value is -1.96. The fourth-order valence-corrected chi connectivity index (χ4v) is 5.23. The van der Waals surface area contributed by atoms with E-state index >= 15 is 0 Å². The van der Waals surface area contributed by atoms with Crippen LogP contribution in [-0.2, 0) is 14.8 Å². The quantitative estimate of drug-likeness (QED) is 0.858. The summed E-state index contributed by atoms with van der Waals surface area (Å²) in [5.74, 6) is -1.14. The lowest BCUT2D eigenvalue weighted by Gasteiger charge is -2.24. The molecule has 1 aliphatic heterocycles. The summed E-state index contributed by atoms with van der Waals surface area (Å²) in [6, 6.07) is 9.98. The maximum atomic E-state index is 13.7. The molecule has 1 heterocycles. The van der Waals surface area contributed by atoms with Crippen LogP contribution in [0.5, 0.6) is 0 Å². The van der Waals surface area contributed by atoms with Crippen molar-refractivity contribution in [1.29, 1.82) is 0 Å². The van der Waals surface area contributed by atoms with E-state index in [0.717, 1.165) is 16.4 Å². The van der Waals surface area contributed by atoms with Crippen molar-refractivity contribution in [1.82, 2.24) is 4.31 Å². The molecule has 0 aliphatic carbocycles. The molecule has 8 heteroatoms. The number of nitrogens with one attached hydrogen (secondary N) is 1. The second kappa shape index (κ2) is 7.34. The first-order valence-electron chi connectivity index (χ1n) is 8.14. The van der Waals surface area contributed by atoms with E-state index in [1.165, 1.54) is 6.92 Å². The van der Waals surface area contributed by atoms with Crippen molar-refractivity contribution < 1.29 is 17.6 Å². The molecule has 1 atom stereocenters. The minimum atomic E-state index is -4.05. The zero-order valence-corrected chi connectivity index (χ0v) is 15.6. The number of para-hydroxylation sites is 1. The van der Waals surface area contributed by atoms with Crippen LogP contribution in [0.1, 0.15) is 18.4 Å². The SMILES string of the molecule is Cc1c(Cl)cc(F)cc1S(=O)(=O)N1CCC[C@H]1C(=O)Nc1ccccc1. The lowest BCUT2D eigenvalue weighted by Crippen LogP contribution is -2.43. The van der Waals surface area contributed by atoms with Crippen molar-refractivity contribution >= 4 is 33.2 Å². The average molecular weight is 397 g/mol. The van der Waals surface area contributed by atoms with E-state index in [9.17, 15) is 17.6 Å². The van der Waals surface area contributed by atoms with E-state index in [4.69, 9.17) is 11.6 Å². The second-order valence-electron chi connectivity index (χ2n) is 6.14. The topological polar surface area (TPSA) is 66.5 Å². The van der Waals surface area contributed by atoms with Gasteiger partial charge in [0, 0.05) is 17.3 Å². The molecule has 0 aromatic heterocycles. The lowest BCUT2D eigenvalue weighted by molar-refractivity contribution is -0.119. The Balaban J connectivity index is 1.91. The van der Waals surface area contributed by atoms with Gasteiger partial charge in [0.25, 0.3) is 0 Å². The zero-order valence-electron chi connectivity index (χ0n) is 14.1. The molecular formula is C18H18ClFN2O3S. The van der Waals surface area contributed by atoms with Crippen LogP contribution >= 0.6 is 11.6 Å². The summed E-state index contributed by atoms with van der Waals surface area (Å²) in [6.45, 7) is 1.71. The highest BCUT2D eigenvalue weighted by Crippen LogP contribution is 2.31. The number of hydrogen-bond donors (Lipinski definition) is 1. The molecule has 1 fully saturated rings. The van der Waals surface area contributed by atoms with E-state index in [1.54, 1.807) is 24.3 Å². The molecule has 0 unspecified atom stereocenters. The van der Waals surface area contributed by atoms with Gasteiger partial charge in [-0.1, -0.05) is 29.8 Å². The predicted octanol–water partition coefficient (Wildman–Crippen LogP) is 3.58. The van der Waals surface area contributed by atoms with Crippen molar-refractivity contribution in [3.63, 3.8) is 0 Å². The van der Waals surface area contributed by atoms with Crippen molar-refractivity contribution in [3.8, 4) is 0 Å². The number of nitrogens with zero attached hydrogens (tertiary/aromatic N) is 1. The van der Waals surface area contributed by atoms with E-state index in [-0.39, 0.29) is 22.0 Å². The first kappa shape index (κ1) is 18.8. The van der Waals surface area contributed by atoms with Crippen LogP contribution in [-0.4, -0.2) is 31.2 Å². The van der Waals surface area contributed by atoms with E-state index < -0.39 is 27.8 Å². The Morgan fingerprint density at radius 2 is 1.96 bits per heavy atom. The van der Waals surface area contributed by atoms with Gasteiger partial charge in [-0.25, -0.2) is 12.8 Å². The first-order chi connectivity index (χ1) is 12.3. The molecule has 26 heavy (non-hydrogen) atoms. The van der Waals surface area contributed by atoms with E-state index in [0.29, 0.717) is 18.5 Å². The number of hydrogen-bond acceptors (Lipinski definition) is 3. The summed E-state index contributed by atoms with van der Waals surface area (Å²) in [7, 11) is -4.05. The average Bonchev–Trinajstić information content (AvgIpc) is 3.09. The van der Waals surface area contributed by atoms with Crippen LogP contribution in [0.3, 0.4) is 0 Å². The van der Waals surface area contributed by atoms with Crippen molar-refractivity contribution in [2.75, 3.05) is 11.9 Å². The van der Waals surface area contributed by atoms with Gasteiger partial charge in [-0.05, 0) is 49.6 Å². The van der Waals surface area contributed by atoms with Crippen LogP contribution in [0.15, 0.2) is 47.4 Å². The largest absolute Gasteiger partial charge is 0.325 e. The molecule has 1 amide bonds. The molecule has 0 bridgehead atoms. The number of halogens is 2. The lowest BCUT2D eigenvalue weighted by atomic mass is 10.2. The Morgan fingerprint density at radius 3 is 2.65 bits per heavy atom. The summed E-state index contributed by atoms with van der Waals surface area (Å²) < 4.78 is 40.9. The Morgan fingerprint density at radius 1 is 1.27 bits per heavy atom. The third kappa shape index (κ3) is 3.60. The van der Waals surface area contributed by atoms with Gasteiger partial charge in [-0.15, -0.1) is 0 Å². The smallest absolute Gasteiger partial charge is 0.244 e. The highest BCUT2D eigenvalue weighted by Gasteiger charge is 2.40. The normalized spacial score (nSPS) is 18.0. The van der Waals surface area contributed by atoms with E-state index in [1.807, 2.05) is 6.07 Å². The fourth-order valence-electron chi connectivity index (χ4n) is 3.05. The van der Waals surface area contributed by atoms with Gasteiger partial charge in [0.1, 0.15) is 11.9 Å². The maximum Gasteiger partial charge on any atom is 0.244 e. The van der Waals surface area contributed by atoms with Gasteiger partial charge in [-0.3, -0.25) is 4.79 Å². The molecule has 5 nitrogen and oxygen atoms in total. The van der Waals surface area contributed by atoms with Gasteiger partial charge in [0.05, 0.1) is 4.90 Å². The molecule has 2 aromatic carbocycles. The molecule has 3 rings (SSSR count). The first-order valence-corrected chi connectivity index (χ1v) is 9.96. The second-order valence-corrected chi connectivity index (χ2v) is 8.41. The number of carbonyl (C=O) groups is 1. The summed E-state index contributed by atoms with van der Waals surface area (Å²) in [5, 5.41) is 2.76. The van der Waals surface area contributed by atoms with Crippen LogP contribution in [0.4, 0.5) is 10.1 Å². The number of anilines is 1. The fraction of sp³-hybridized carbons (Fsp3) is 0.278. The number of sulfonamides is 1. The van der Waals surface area contributed by atoms with Crippen LogP contribution in [0, 0.1) is 12.7 Å². The van der Waals surface area contributed by atoms with Gasteiger partial charge in [-0.2, -0.15) is 4.31 Å². The summed E-state index contributed by atoms with van der Waals surface area (Å²) in [4.78, 5) is 12.4. The monoisotopic (exact) mass is 396 g/mol. The molecule has 1 N–H and O–H groups in total. The maximum absolute atomic E-state index is 13.7. The Kier molecular flexibility index (Phi) is 5.32. The van der Waals surface area contributed by atoms with Gasteiger partial charge in [0.2, 0.25) is 15.9 Å². The number of benzene rings is 2. The third-order valence-electron chi connectivity index (χ3n) is 4.40. The summed E-state index contributed by atoms with van der Waals surface area (Å²) >= 11 is 5.94. The van der Waals surface area contributed by atoms with Crippen LogP contribution < -0.4 is 5.32 Å². The molecular weight excluding hydrogens is 379 g/mol. The Labute approximate surface area is 156 Å². The minimum Gasteiger partial charge on any atom is -0.325 e. The number of rotatable bonds is 4. The van der Waals surface area contributed by atoms with E-state index in [2.05, 4.69) is 5.32 Å². The number of amides is 1. The molecule has 0 radical (unpaired) electrons. The van der Waals surface area contributed by atoms with Crippen molar-refractivity contribution in [2.24, 2.45) is 0 Å². The molecule has 1 saturated heterocycles. The molecule has 0 spiro atoms. The molecule has 2 aromatic rings.